The molecule has 0 aliphatic carbocycles. The summed E-state index contributed by atoms with van der Waals surface area (Å²) in [6, 6.07) is 2.55. The van der Waals surface area contributed by atoms with Gasteiger partial charge in [-0.1, -0.05) is 23.2 Å². The third-order valence-corrected chi connectivity index (χ3v) is 4.15. The predicted molar refractivity (Wildman–Crippen MR) is 92.1 cm³/mol. The van der Waals surface area contributed by atoms with Crippen LogP contribution in [0.1, 0.15) is 12.1 Å². The molecule has 0 spiro atoms. The number of methoxy groups -OCH3 is 1. The molecule has 0 saturated heterocycles. The molecule has 6 nitrogen and oxygen atoms in total. The van der Waals surface area contributed by atoms with E-state index in [0.717, 1.165) is 7.05 Å². The molecule has 1 aromatic carbocycles. The standard InChI is InChI=1S/C16H13Cl2F3N2O4/c1-23-12(16(19,20)21)7-22-14(15(23)25)8-5-11(10(18)6-9(8)17)27-4-3-13(24)26-2/h5-7H,3-4H2,1-2H3. The van der Waals surface area contributed by atoms with Crippen LogP contribution < -0.4 is 10.3 Å². The summed E-state index contributed by atoms with van der Waals surface area (Å²) in [6.07, 6.45) is -4.24. The van der Waals surface area contributed by atoms with Gasteiger partial charge in [0.25, 0.3) is 5.56 Å². The third-order valence-electron chi connectivity index (χ3n) is 3.54. The maximum absolute atomic E-state index is 12.9. The average molecular weight is 425 g/mol. The molecule has 2 aromatic rings. The van der Waals surface area contributed by atoms with E-state index in [9.17, 15) is 22.8 Å². The Bertz CT molecular complexity index is 929. The number of hydrogen-bond donors (Lipinski definition) is 0. The van der Waals surface area contributed by atoms with Gasteiger partial charge in [-0.05, 0) is 12.1 Å². The zero-order chi connectivity index (χ0) is 20.4. The predicted octanol–water partition coefficient (Wildman–Crippen LogP) is 3.71. The van der Waals surface area contributed by atoms with Crippen molar-refractivity contribution < 1.29 is 27.4 Å². The van der Waals surface area contributed by atoms with Crippen LogP contribution in [0.5, 0.6) is 5.75 Å². The van der Waals surface area contributed by atoms with Gasteiger partial charge in [0.15, 0.2) is 0 Å². The minimum atomic E-state index is -4.73. The highest BCUT2D eigenvalue weighted by Gasteiger charge is 2.34. The number of nitrogens with zero attached hydrogens (tertiary/aromatic N) is 2. The molecule has 0 bridgehead atoms. The van der Waals surface area contributed by atoms with Crippen molar-refractivity contribution in [1.29, 1.82) is 0 Å². The van der Waals surface area contributed by atoms with Crippen LogP contribution in [0.3, 0.4) is 0 Å². The number of esters is 1. The van der Waals surface area contributed by atoms with Gasteiger partial charge in [-0.3, -0.25) is 9.59 Å². The number of alkyl halides is 3. The lowest BCUT2D eigenvalue weighted by Crippen LogP contribution is -2.27. The van der Waals surface area contributed by atoms with E-state index in [2.05, 4.69) is 9.72 Å². The van der Waals surface area contributed by atoms with Gasteiger partial charge in [-0.25, -0.2) is 4.98 Å². The monoisotopic (exact) mass is 424 g/mol. The number of halogens is 5. The molecule has 27 heavy (non-hydrogen) atoms. The average Bonchev–Trinajstić information content (AvgIpc) is 2.58. The van der Waals surface area contributed by atoms with Gasteiger partial charge >= 0.3 is 12.1 Å². The van der Waals surface area contributed by atoms with Crippen molar-refractivity contribution in [2.75, 3.05) is 13.7 Å². The van der Waals surface area contributed by atoms with E-state index in [-0.39, 0.29) is 40.1 Å². The number of rotatable bonds is 5. The highest BCUT2D eigenvalue weighted by atomic mass is 35.5. The Hall–Kier alpha value is -2.26. The highest BCUT2D eigenvalue weighted by Crippen LogP contribution is 2.36. The molecule has 0 aliphatic rings. The van der Waals surface area contributed by atoms with Crippen molar-refractivity contribution in [2.45, 2.75) is 12.6 Å². The van der Waals surface area contributed by atoms with E-state index < -0.39 is 23.4 Å². The maximum Gasteiger partial charge on any atom is 0.433 e. The van der Waals surface area contributed by atoms with Crippen LogP contribution in [0.15, 0.2) is 23.1 Å². The van der Waals surface area contributed by atoms with E-state index in [0.29, 0.717) is 10.8 Å². The lowest BCUT2D eigenvalue weighted by molar-refractivity contribution is -0.144. The topological polar surface area (TPSA) is 70.4 Å². The van der Waals surface area contributed by atoms with E-state index in [1.165, 1.54) is 19.2 Å². The molecule has 0 unspecified atom stereocenters. The number of benzene rings is 1. The van der Waals surface area contributed by atoms with E-state index in [4.69, 9.17) is 27.9 Å². The van der Waals surface area contributed by atoms with Gasteiger partial charge in [0.05, 0.1) is 36.4 Å². The van der Waals surface area contributed by atoms with E-state index in [1.807, 2.05) is 0 Å². The number of carbonyl (C=O) groups excluding carboxylic acids is 1. The van der Waals surface area contributed by atoms with Crippen molar-refractivity contribution in [2.24, 2.45) is 7.05 Å². The Balaban J connectivity index is 2.44. The van der Waals surface area contributed by atoms with Crippen molar-refractivity contribution in [3.63, 3.8) is 0 Å². The Labute approximate surface area is 161 Å². The van der Waals surface area contributed by atoms with Crippen LogP contribution in [0, 0.1) is 0 Å². The van der Waals surface area contributed by atoms with Crippen LogP contribution in [0.25, 0.3) is 11.3 Å². The van der Waals surface area contributed by atoms with Crippen LogP contribution in [-0.2, 0) is 22.8 Å². The first-order valence-electron chi connectivity index (χ1n) is 7.38. The Morgan fingerprint density at radius 1 is 1.26 bits per heavy atom. The zero-order valence-electron chi connectivity index (χ0n) is 14.1. The number of carbonyl (C=O) groups is 1. The lowest BCUT2D eigenvalue weighted by atomic mass is 10.1. The summed E-state index contributed by atoms with van der Waals surface area (Å²) in [4.78, 5) is 27.1. The molecular weight excluding hydrogens is 412 g/mol. The summed E-state index contributed by atoms with van der Waals surface area (Å²) in [5.74, 6) is -0.415. The molecule has 146 valence electrons. The van der Waals surface area contributed by atoms with Crippen LogP contribution in [0.2, 0.25) is 10.0 Å². The van der Waals surface area contributed by atoms with Gasteiger partial charge in [0.2, 0.25) is 0 Å². The molecule has 1 heterocycles. The normalized spacial score (nSPS) is 11.4. The lowest BCUT2D eigenvalue weighted by Gasteiger charge is -2.14. The Morgan fingerprint density at radius 3 is 2.52 bits per heavy atom. The molecule has 0 N–H and O–H groups in total. The molecule has 11 heteroatoms. The first-order chi connectivity index (χ1) is 12.6. The third kappa shape index (κ3) is 4.72. The number of hydrogen-bond acceptors (Lipinski definition) is 5. The molecule has 2 rings (SSSR count). The summed E-state index contributed by atoms with van der Waals surface area (Å²) in [5.41, 5.74) is -2.45. The molecule has 0 fully saturated rings. The van der Waals surface area contributed by atoms with Gasteiger partial charge in [-0.15, -0.1) is 0 Å². The molecule has 0 atom stereocenters. The van der Waals surface area contributed by atoms with Gasteiger partial charge in [0, 0.05) is 12.6 Å². The largest absolute Gasteiger partial charge is 0.491 e. The molecule has 0 radical (unpaired) electrons. The van der Waals surface area contributed by atoms with Gasteiger partial charge in [0.1, 0.15) is 17.1 Å². The second-order valence-electron chi connectivity index (χ2n) is 5.29. The highest BCUT2D eigenvalue weighted by molar-refractivity contribution is 6.37. The first kappa shape index (κ1) is 21.0. The maximum atomic E-state index is 12.9. The Morgan fingerprint density at radius 2 is 1.93 bits per heavy atom. The van der Waals surface area contributed by atoms with Crippen molar-refractivity contribution in [1.82, 2.24) is 9.55 Å². The van der Waals surface area contributed by atoms with E-state index >= 15 is 0 Å². The van der Waals surface area contributed by atoms with E-state index in [1.54, 1.807) is 0 Å². The summed E-state index contributed by atoms with van der Waals surface area (Å²) in [7, 11) is 2.20. The fraction of sp³-hybridized carbons (Fsp3) is 0.312. The smallest absolute Gasteiger partial charge is 0.433 e. The fourth-order valence-electron chi connectivity index (χ4n) is 2.15. The van der Waals surface area contributed by atoms with Crippen LogP contribution >= 0.6 is 23.2 Å². The summed E-state index contributed by atoms with van der Waals surface area (Å²) in [5, 5.41) is 0.0991. The fourth-order valence-corrected chi connectivity index (χ4v) is 2.68. The van der Waals surface area contributed by atoms with Crippen molar-refractivity contribution in [3.05, 3.63) is 44.4 Å². The molecular formula is C16H13Cl2F3N2O4. The van der Waals surface area contributed by atoms with Crippen LogP contribution in [0.4, 0.5) is 13.2 Å². The van der Waals surface area contributed by atoms with Gasteiger partial charge < -0.3 is 14.0 Å². The zero-order valence-corrected chi connectivity index (χ0v) is 15.6. The molecule has 0 amide bonds. The quantitative estimate of drug-likeness (QED) is 0.684. The SMILES string of the molecule is COC(=O)CCOc1cc(-c2ncc(C(F)(F)F)n(C)c2=O)c(Cl)cc1Cl. The summed E-state index contributed by atoms with van der Waals surface area (Å²) in [6.45, 7) is -0.0636. The molecule has 0 saturated carbocycles. The minimum Gasteiger partial charge on any atom is -0.491 e. The Kier molecular flexibility index (Phi) is 6.38. The van der Waals surface area contributed by atoms with Crippen molar-refractivity contribution >= 4 is 29.2 Å². The number of ether oxygens (including phenoxy) is 2. The minimum absolute atomic E-state index is 0.00433. The summed E-state index contributed by atoms with van der Waals surface area (Å²) < 4.78 is 49.0. The first-order valence-corrected chi connectivity index (χ1v) is 8.14. The van der Waals surface area contributed by atoms with Crippen molar-refractivity contribution in [3.8, 4) is 17.0 Å². The molecule has 1 aromatic heterocycles. The second-order valence-corrected chi connectivity index (χ2v) is 6.11. The second kappa shape index (κ2) is 8.18. The van der Waals surface area contributed by atoms with Gasteiger partial charge in [-0.2, -0.15) is 13.2 Å². The number of aromatic nitrogens is 2. The van der Waals surface area contributed by atoms with Crippen LogP contribution in [-0.4, -0.2) is 29.2 Å². The molecule has 0 aliphatic heterocycles. The summed E-state index contributed by atoms with van der Waals surface area (Å²) >= 11 is 12.1.